The van der Waals surface area contributed by atoms with Crippen LogP contribution in [0.4, 0.5) is 0 Å². The molecular weight excluding hydrogens is 188 g/mol. The molecule has 1 aromatic heterocycles. The highest BCUT2D eigenvalue weighted by Crippen LogP contribution is 2.62. The maximum absolute atomic E-state index is 5.65. The number of nitrogens with zero attached hydrogens (tertiary/aromatic N) is 3. The van der Waals surface area contributed by atoms with Gasteiger partial charge < -0.3 is 10.3 Å². The molecule has 0 radical (unpaired) electrons. The lowest BCUT2D eigenvalue weighted by molar-refractivity contribution is 0.601. The van der Waals surface area contributed by atoms with Gasteiger partial charge in [0.05, 0.1) is 6.54 Å². The van der Waals surface area contributed by atoms with E-state index in [-0.39, 0.29) is 0 Å². The van der Waals surface area contributed by atoms with Gasteiger partial charge in [0.25, 0.3) is 0 Å². The molecule has 1 aromatic rings. The summed E-state index contributed by atoms with van der Waals surface area (Å²) in [4.78, 5) is 0. The van der Waals surface area contributed by atoms with Crippen molar-refractivity contribution in [2.75, 3.05) is 0 Å². The average Bonchev–Trinajstić information content (AvgIpc) is 2.73. The molecule has 3 rings (SSSR count). The average molecular weight is 206 g/mol. The molecule has 2 N–H and O–H groups in total. The summed E-state index contributed by atoms with van der Waals surface area (Å²) >= 11 is 0. The first-order valence-corrected chi connectivity index (χ1v) is 5.98. The molecule has 0 amide bonds. The van der Waals surface area contributed by atoms with Gasteiger partial charge in [-0.15, -0.1) is 10.2 Å². The molecule has 2 aliphatic carbocycles. The number of hydrogen-bond acceptors (Lipinski definition) is 3. The van der Waals surface area contributed by atoms with Gasteiger partial charge in [-0.2, -0.15) is 0 Å². The fourth-order valence-corrected chi connectivity index (χ4v) is 3.30. The van der Waals surface area contributed by atoms with Gasteiger partial charge >= 0.3 is 0 Å². The van der Waals surface area contributed by atoms with Crippen molar-refractivity contribution < 1.29 is 0 Å². The van der Waals surface area contributed by atoms with Crippen LogP contribution in [-0.2, 0) is 13.1 Å². The van der Waals surface area contributed by atoms with Gasteiger partial charge in [-0.1, -0.05) is 6.42 Å². The van der Waals surface area contributed by atoms with Crippen LogP contribution in [-0.4, -0.2) is 14.8 Å². The minimum atomic E-state index is 0.503. The zero-order chi connectivity index (χ0) is 10.4. The molecule has 1 heterocycles. The summed E-state index contributed by atoms with van der Waals surface area (Å²) in [6.45, 7) is 3.60. The van der Waals surface area contributed by atoms with Crippen molar-refractivity contribution in [2.45, 2.75) is 45.2 Å². The lowest BCUT2D eigenvalue weighted by Crippen LogP contribution is -2.10. The summed E-state index contributed by atoms with van der Waals surface area (Å²) in [5, 5.41) is 8.52. The molecule has 4 heteroatoms. The molecule has 4 nitrogen and oxygen atoms in total. The molecule has 2 fully saturated rings. The van der Waals surface area contributed by atoms with E-state index in [1.807, 2.05) is 0 Å². The van der Waals surface area contributed by atoms with Crippen molar-refractivity contribution in [1.82, 2.24) is 14.8 Å². The molecule has 2 aliphatic rings. The minimum absolute atomic E-state index is 0.503. The number of aromatic nitrogens is 3. The zero-order valence-corrected chi connectivity index (χ0v) is 9.19. The molecule has 0 spiro atoms. The van der Waals surface area contributed by atoms with Crippen molar-refractivity contribution in [3.05, 3.63) is 11.6 Å². The molecule has 0 aliphatic heterocycles. The summed E-state index contributed by atoms with van der Waals surface area (Å²) in [5.41, 5.74) is 5.65. The lowest BCUT2D eigenvalue weighted by atomic mass is 10.1. The van der Waals surface area contributed by atoms with Crippen molar-refractivity contribution >= 4 is 0 Å². The third-order valence-electron chi connectivity index (χ3n) is 4.06. The van der Waals surface area contributed by atoms with Gasteiger partial charge in [-0.05, 0) is 31.6 Å². The summed E-state index contributed by atoms with van der Waals surface area (Å²) in [6.07, 6.45) is 4.20. The fraction of sp³-hybridized carbons (Fsp3) is 0.818. The third-order valence-corrected chi connectivity index (χ3v) is 4.06. The van der Waals surface area contributed by atoms with E-state index in [0.717, 1.165) is 24.2 Å². The molecule has 2 unspecified atom stereocenters. The van der Waals surface area contributed by atoms with Crippen LogP contribution in [0.3, 0.4) is 0 Å². The Morgan fingerprint density at radius 2 is 2.07 bits per heavy atom. The van der Waals surface area contributed by atoms with E-state index >= 15 is 0 Å². The van der Waals surface area contributed by atoms with Crippen molar-refractivity contribution in [3.63, 3.8) is 0 Å². The molecule has 0 saturated heterocycles. The molecule has 0 bridgehead atoms. The Morgan fingerprint density at radius 3 is 2.67 bits per heavy atom. The van der Waals surface area contributed by atoms with Crippen molar-refractivity contribution in [3.8, 4) is 0 Å². The van der Waals surface area contributed by atoms with E-state index in [1.165, 1.54) is 25.1 Å². The maximum atomic E-state index is 5.65. The zero-order valence-electron chi connectivity index (χ0n) is 9.19. The van der Waals surface area contributed by atoms with Crippen LogP contribution in [0.25, 0.3) is 0 Å². The first kappa shape index (κ1) is 9.33. The SMILES string of the molecule is CCn1c(CN)nnc1C1C2CCCC21. The van der Waals surface area contributed by atoms with Gasteiger partial charge in [-0.3, -0.25) is 0 Å². The fourth-order valence-electron chi connectivity index (χ4n) is 3.30. The van der Waals surface area contributed by atoms with Crippen LogP contribution in [0, 0.1) is 11.8 Å². The van der Waals surface area contributed by atoms with Gasteiger partial charge in [-0.25, -0.2) is 0 Å². The quantitative estimate of drug-likeness (QED) is 0.810. The second-order valence-electron chi connectivity index (χ2n) is 4.71. The topological polar surface area (TPSA) is 56.7 Å². The van der Waals surface area contributed by atoms with E-state index in [2.05, 4.69) is 21.7 Å². The van der Waals surface area contributed by atoms with Gasteiger partial charge in [0.2, 0.25) is 0 Å². The highest BCUT2D eigenvalue weighted by Gasteiger charge is 2.55. The Morgan fingerprint density at radius 1 is 1.33 bits per heavy atom. The highest BCUT2D eigenvalue weighted by atomic mass is 15.3. The Labute approximate surface area is 89.9 Å². The summed E-state index contributed by atoms with van der Waals surface area (Å²) in [6, 6.07) is 0. The van der Waals surface area contributed by atoms with Crippen molar-refractivity contribution in [2.24, 2.45) is 17.6 Å². The summed E-state index contributed by atoms with van der Waals surface area (Å²) in [5.74, 6) is 4.66. The third kappa shape index (κ3) is 1.24. The largest absolute Gasteiger partial charge is 0.324 e. The van der Waals surface area contributed by atoms with Gasteiger partial charge in [0.1, 0.15) is 11.6 Å². The molecule has 0 aromatic carbocycles. The number of nitrogens with two attached hydrogens (primary N) is 1. The highest BCUT2D eigenvalue weighted by molar-refractivity contribution is 5.19. The van der Waals surface area contributed by atoms with E-state index in [1.54, 1.807) is 0 Å². The number of rotatable bonds is 3. The van der Waals surface area contributed by atoms with E-state index in [4.69, 9.17) is 5.73 Å². The monoisotopic (exact) mass is 206 g/mol. The predicted octanol–water partition coefficient (Wildman–Crippen LogP) is 1.27. The predicted molar refractivity (Wildman–Crippen MR) is 57.2 cm³/mol. The maximum Gasteiger partial charge on any atom is 0.146 e. The smallest absolute Gasteiger partial charge is 0.146 e. The van der Waals surface area contributed by atoms with E-state index < -0.39 is 0 Å². The first-order chi connectivity index (χ1) is 7.36. The molecule has 15 heavy (non-hydrogen) atoms. The van der Waals surface area contributed by atoms with E-state index in [9.17, 15) is 0 Å². The van der Waals surface area contributed by atoms with Crippen molar-refractivity contribution in [1.29, 1.82) is 0 Å². The first-order valence-electron chi connectivity index (χ1n) is 5.98. The molecule has 2 atom stereocenters. The van der Waals surface area contributed by atoms with Gasteiger partial charge in [0, 0.05) is 12.5 Å². The lowest BCUT2D eigenvalue weighted by Gasteiger charge is -2.07. The van der Waals surface area contributed by atoms with Crippen LogP contribution in [0.5, 0.6) is 0 Å². The van der Waals surface area contributed by atoms with Crippen LogP contribution in [0.2, 0.25) is 0 Å². The Balaban J connectivity index is 1.89. The molecular formula is C11H18N4. The van der Waals surface area contributed by atoms with E-state index in [0.29, 0.717) is 12.5 Å². The Hall–Kier alpha value is -0.900. The van der Waals surface area contributed by atoms with Crippen LogP contribution in [0.15, 0.2) is 0 Å². The second-order valence-corrected chi connectivity index (χ2v) is 4.71. The summed E-state index contributed by atoms with van der Waals surface area (Å²) in [7, 11) is 0. The van der Waals surface area contributed by atoms with Crippen LogP contribution < -0.4 is 5.73 Å². The molecule has 2 saturated carbocycles. The number of fused-ring (bicyclic) bond motifs is 1. The normalized spacial score (nSPS) is 33.1. The molecule has 82 valence electrons. The summed E-state index contributed by atoms with van der Waals surface area (Å²) < 4.78 is 2.21. The van der Waals surface area contributed by atoms with Gasteiger partial charge in [0.15, 0.2) is 0 Å². The second kappa shape index (κ2) is 3.30. The Bertz CT molecular complexity index is 361. The minimum Gasteiger partial charge on any atom is -0.324 e. The van der Waals surface area contributed by atoms with Crippen LogP contribution >= 0.6 is 0 Å². The number of hydrogen-bond donors (Lipinski definition) is 1. The standard InChI is InChI=1S/C11H18N4/c1-2-15-9(6-12)13-14-11(15)10-7-4-3-5-8(7)10/h7-8,10H,2-6,12H2,1H3. The Kier molecular flexibility index (Phi) is 2.06. The van der Waals surface area contributed by atoms with Crippen LogP contribution in [0.1, 0.15) is 43.8 Å².